The highest BCUT2D eigenvalue weighted by atomic mass is 19.1. The van der Waals surface area contributed by atoms with Crippen LogP contribution in [0.5, 0.6) is 5.75 Å². The second-order valence-corrected chi connectivity index (χ2v) is 5.18. The molecule has 2 aromatic carbocycles. The number of amides is 1. The van der Waals surface area contributed by atoms with Crippen molar-refractivity contribution in [2.75, 3.05) is 7.11 Å². The van der Waals surface area contributed by atoms with Gasteiger partial charge in [-0.3, -0.25) is 4.79 Å². The third-order valence-electron chi connectivity index (χ3n) is 3.55. The number of ether oxygens (including phenoxy) is 1. The van der Waals surface area contributed by atoms with Crippen molar-refractivity contribution in [3.63, 3.8) is 0 Å². The van der Waals surface area contributed by atoms with Gasteiger partial charge in [-0.15, -0.1) is 0 Å². The number of hydrogen-bond acceptors (Lipinski definition) is 3. The third-order valence-corrected chi connectivity index (χ3v) is 3.55. The number of benzene rings is 2. The minimum absolute atomic E-state index is 0.223. The van der Waals surface area contributed by atoms with E-state index in [1.54, 1.807) is 25.4 Å². The lowest BCUT2D eigenvalue weighted by Crippen LogP contribution is -2.22. The SMILES string of the molecule is COc1ccc(CNC(=O)c2cnn(-c3ccc(F)cc3)c2)cc1. The lowest BCUT2D eigenvalue weighted by Gasteiger charge is -2.05. The van der Waals surface area contributed by atoms with Crippen molar-refractivity contribution in [2.24, 2.45) is 0 Å². The van der Waals surface area contributed by atoms with Crippen molar-refractivity contribution in [1.29, 1.82) is 0 Å². The molecule has 0 unspecified atom stereocenters. The van der Waals surface area contributed by atoms with Gasteiger partial charge in [0.25, 0.3) is 5.91 Å². The van der Waals surface area contributed by atoms with E-state index < -0.39 is 0 Å². The van der Waals surface area contributed by atoms with Crippen LogP contribution < -0.4 is 10.1 Å². The Bertz CT molecular complexity index is 826. The summed E-state index contributed by atoms with van der Waals surface area (Å²) in [5, 5.41) is 6.97. The third kappa shape index (κ3) is 3.60. The van der Waals surface area contributed by atoms with Gasteiger partial charge in [-0.1, -0.05) is 12.1 Å². The Morgan fingerprint density at radius 1 is 1.17 bits per heavy atom. The summed E-state index contributed by atoms with van der Waals surface area (Å²) in [5.74, 6) is 0.230. The Morgan fingerprint density at radius 3 is 2.54 bits per heavy atom. The molecule has 0 bridgehead atoms. The molecule has 3 rings (SSSR count). The van der Waals surface area contributed by atoms with Gasteiger partial charge in [-0.25, -0.2) is 9.07 Å². The molecule has 6 heteroatoms. The normalized spacial score (nSPS) is 10.4. The number of carbonyl (C=O) groups excluding carboxylic acids is 1. The van der Waals surface area contributed by atoms with Gasteiger partial charge in [0.1, 0.15) is 11.6 Å². The van der Waals surface area contributed by atoms with E-state index in [9.17, 15) is 9.18 Å². The Labute approximate surface area is 138 Å². The maximum atomic E-state index is 12.9. The molecule has 122 valence electrons. The van der Waals surface area contributed by atoms with Crippen molar-refractivity contribution < 1.29 is 13.9 Å². The van der Waals surface area contributed by atoms with Gasteiger partial charge < -0.3 is 10.1 Å². The van der Waals surface area contributed by atoms with E-state index in [1.165, 1.54) is 23.0 Å². The summed E-state index contributed by atoms with van der Waals surface area (Å²) >= 11 is 0. The summed E-state index contributed by atoms with van der Waals surface area (Å²) in [6.07, 6.45) is 3.09. The van der Waals surface area contributed by atoms with Crippen LogP contribution in [0.4, 0.5) is 4.39 Å². The van der Waals surface area contributed by atoms with Crippen LogP contribution in [0.1, 0.15) is 15.9 Å². The molecule has 3 aromatic rings. The Kier molecular flexibility index (Phi) is 4.56. The number of halogens is 1. The van der Waals surface area contributed by atoms with E-state index in [1.807, 2.05) is 24.3 Å². The molecule has 0 aliphatic heterocycles. The average molecular weight is 325 g/mol. The number of nitrogens with zero attached hydrogens (tertiary/aromatic N) is 2. The first-order valence-electron chi connectivity index (χ1n) is 7.37. The zero-order chi connectivity index (χ0) is 16.9. The van der Waals surface area contributed by atoms with Crippen LogP contribution in [-0.4, -0.2) is 22.8 Å². The molecule has 1 aromatic heterocycles. The number of aromatic nitrogens is 2. The van der Waals surface area contributed by atoms with Crippen molar-refractivity contribution >= 4 is 5.91 Å². The van der Waals surface area contributed by atoms with Crippen molar-refractivity contribution in [1.82, 2.24) is 15.1 Å². The van der Waals surface area contributed by atoms with Gasteiger partial charge in [-0.05, 0) is 42.0 Å². The predicted molar refractivity (Wildman–Crippen MR) is 87.7 cm³/mol. The topological polar surface area (TPSA) is 56.1 Å². The maximum absolute atomic E-state index is 12.9. The quantitative estimate of drug-likeness (QED) is 0.785. The minimum Gasteiger partial charge on any atom is -0.497 e. The number of nitrogens with one attached hydrogen (secondary N) is 1. The molecule has 0 aliphatic rings. The van der Waals surface area contributed by atoms with Crippen LogP contribution in [0.3, 0.4) is 0 Å². The molecule has 0 spiro atoms. The smallest absolute Gasteiger partial charge is 0.254 e. The first-order valence-corrected chi connectivity index (χ1v) is 7.37. The molecular weight excluding hydrogens is 309 g/mol. The Balaban J connectivity index is 1.64. The van der Waals surface area contributed by atoms with Gasteiger partial charge in [0.15, 0.2) is 0 Å². The van der Waals surface area contributed by atoms with E-state index in [4.69, 9.17) is 4.74 Å². The predicted octanol–water partition coefficient (Wildman–Crippen LogP) is 2.95. The second kappa shape index (κ2) is 6.95. The summed E-state index contributed by atoms with van der Waals surface area (Å²) in [6, 6.07) is 13.4. The fourth-order valence-electron chi connectivity index (χ4n) is 2.20. The fourth-order valence-corrected chi connectivity index (χ4v) is 2.20. The highest BCUT2D eigenvalue weighted by Gasteiger charge is 2.09. The Morgan fingerprint density at radius 2 is 1.88 bits per heavy atom. The molecule has 0 radical (unpaired) electrons. The molecule has 1 N–H and O–H groups in total. The summed E-state index contributed by atoms with van der Waals surface area (Å²) in [5.41, 5.74) is 2.09. The molecule has 0 saturated heterocycles. The molecule has 1 heterocycles. The van der Waals surface area contributed by atoms with E-state index >= 15 is 0 Å². The zero-order valence-corrected chi connectivity index (χ0v) is 13.1. The number of hydrogen-bond donors (Lipinski definition) is 1. The molecule has 5 nitrogen and oxygen atoms in total. The monoisotopic (exact) mass is 325 g/mol. The molecule has 24 heavy (non-hydrogen) atoms. The largest absolute Gasteiger partial charge is 0.497 e. The van der Waals surface area contributed by atoms with Gasteiger partial charge in [0.05, 0.1) is 24.6 Å². The number of rotatable bonds is 5. The van der Waals surface area contributed by atoms with E-state index in [-0.39, 0.29) is 11.7 Å². The van der Waals surface area contributed by atoms with Gasteiger partial charge in [0, 0.05) is 12.7 Å². The van der Waals surface area contributed by atoms with Gasteiger partial charge in [0.2, 0.25) is 0 Å². The van der Waals surface area contributed by atoms with Crippen LogP contribution >= 0.6 is 0 Å². The number of carbonyl (C=O) groups is 1. The molecular formula is C18H16FN3O2. The van der Waals surface area contributed by atoms with Crippen LogP contribution in [-0.2, 0) is 6.54 Å². The van der Waals surface area contributed by atoms with Crippen molar-refractivity contribution in [2.45, 2.75) is 6.54 Å². The fraction of sp³-hybridized carbons (Fsp3) is 0.111. The van der Waals surface area contributed by atoms with Crippen LogP contribution in [0.25, 0.3) is 5.69 Å². The van der Waals surface area contributed by atoms with E-state index in [0.717, 1.165) is 11.3 Å². The second-order valence-electron chi connectivity index (χ2n) is 5.18. The highest BCUT2D eigenvalue weighted by molar-refractivity contribution is 5.93. The first kappa shape index (κ1) is 15.7. The van der Waals surface area contributed by atoms with Crippen molar-refractivity contribution in [3.8, 4) is 11.4 Å². The zero-order valence-electron chi connectivity index (χ0n) is 13.1. The standard InChI is InChI=1S/C18H16FN3O2/c1-24-17-8-2-13(3-9-17)10-20-18(23)14-11-21-22(12-14)16-6-4-15(19)5-7-16/h2-9,11-12H,10H2,1H3,(H,20,23). The lowest BCUT2D eigenvalue weighted by atomic mass is 10.2. The van der Waals surface area contributed by atoms with Crippen LogP contribution in [0.2, 0.25) is 0 Å². The lowest BCUT2D eigenvalue weighted by molar-refractivity contribution is 0.0951. The first-order chi connectivity index (χ1) is 11.7. The molecule has 0 aliphatic carbocycles. The maximum Gasteiger partial charge on any atom is 0.254 e. The summed E-state index contributed by atoms with van der Waals surface area (Å²) < 4.78 is 19.6. The summed E-state index contributed by atoms with van der Waals surface area (Å²) in [4.78, 5) is 12.2. The van der Waals surface area contributed by atoms with Gasteiger partial charge >= 0.3 is 0 Å². The highest BCUT2D eigenvalue weighted by Crippen LogP contribution is 2.12. The minimum atomic E-state index is -0.316. The van der Waals surface area contributed by atoms with Crippen molar-refractivity contribution in [3.05, 3.63) is 77.9 Å². The molecule has 0 fully saturated rings. The number of methoxy groups -OCH3 is 1. The molecule has 1 amide bonds. The molecule has 0 saturated carbocycles. The summed E-state index contributed by atoms with van der Waals surface area (Å²) in [6.45, 7) is 0.407. The van der Waals surface area contributed by atoms with E-state index in [2.05, 4.69) is 10.4 Å². The Hall–Kier alpha value is -3.15. The van der Waals surface area contributed by atoms with Crippen LogP contribution in [0, 0.1) is 5.82 Å². The van der Waals surface area contributed by atoms with E-state index in [0.29, 0.717) is 17.8 Å². The average Bonchev–Trinajstić information content (AvgIpc) is 3.11. The van der Waals surface area contributed by atoms with Gasteiger partial charge in [-0.2, -0.15) is 5.10 Å². The molecule has 0 atom stereocenters. The summed E-state index contributed by atoms with van der Waals surface area (Å²) in [7, 11) is 1.61. The van der Waals surface area contributed by atoms with Crippen LogP contribution in [0.15, 0.2) is 60.9 Å².